The van der Waals surface area contributed by atoms with Crippen molar-refractivity contribution in [1.29, 1.82) is 0 Å². The molecular formula is C25H29N7O4S2. The van der Waals surface area contributed by atoms with Gasteiger partial charge in [-0.05, 0) is 18.2 Å². The van der Waals surface area contributed by atoms with E-state index in [9.17, 15) is 13.2 Å². The molecule has 0 unspecified atom stereocenters. The number of anilines is 1. The SMILES string of the molecule is CCc1nc2ccccc2n1-c1nc(N2CCOCC2)c2sc(CN3CCN(S(C)(=O)=O)CC3=O)cc2n1. The van der Waals surface area contributed by atoms with Gasteiger partial charge in [-0.15, -0.1) is 11.3 Å². The van der Waals surface area contributed by atoms with Crippen LogP contribution in [0.3, 0.4) is 0 Å². The van der Waals surface area contributed by atoms with Crippen molar-refractivity contribution in [1.82, 2.24) is 28.7 Å². The molecule has 1 aromatic carbocycles. The van der Waals surface area contributed by atoms with Crippen LogP contribution in [0.15, 0.2) is 30.3 Å². The van der Waals surface area contributed by atoms with E-state index in [0.29, 0.717) is 38.8 Å². The molecule has 1 amide bonds. The summed E-state index contributed by atoms with van der Waals surface area (Å²) in [4.78, 5) is 32.5. The van der Waals surface area contributed by atoms with Crippen molar-refractivity contribution in [2.24, 2.45) is 0 Å². The third kappa shape index (κ3) is 4.64. The number of piperazine rings is 1. The average molecular weight is 556 g/mol. The normalized spacial score (nSPS) is 17.7. The van der Waals surface area contributed by atoms with Gasteiger partial charge in [0.2, 0.25) is 21.9 Å². The molecule has 2 aliphatic rings. The number of nitrogens with zero attached hydrogens (tertiary/aromatic N) is 7. The molecule has 3 aromatic heterocycles. The van der Waals surface area contributed by atoms with Crippen molar-refractivity contribution >= 4 is 54.3 Å². The zero-order valence-electron chi connectivity index (χ0n) is 21.3. The summed E-state index contributed by atoms with van der Waals surface area (Å²) in [6.07, 6.45) is 1.87. The molecule has 38 heavy (non-hydrogen) atoms. The van der Waals surface area contributed by atoms with Gasteiger partial charge < -0.3 is 14.5 Å². The van der Waals surface area contributed by atoms with Gasteiger partial charge in [0.15, 0.2) is 5.82 Å². The van der Waals surface area contributed by atoms with Crippen LogP contribution >= 0.6 is 11.3 Å². The van der Waals surface area contributed by atoms with Gasteiger partial charge >= 0.3 is 0 Å². The summed E-state index contributed by atoms with van der Waals surface area (Å²) in [6, 6.07) is 10.0. The molecule has 2 aliphatic heterocycles. The molecule has 13 heteroatoms. The van der Waals surface area contributed by atoms with Crippen LogP contribution < -0.4 is 4.90 Å². The van der Waals surface area contributed by atoms with E-state index in [-0.39, 0.29) is 12.5 Å². The fraction of sp³-hybridized carbons (Fsp3) is 0.440. The van der Waals surface area contributed by atoms with Crippen molar-refractivity contribution in [3.63, 3.8) is 0 Å². The minimum Gasteiger partial charge on any atom is -0.378 e. The summed E-state index contributed by atoms with van der Waals surface area (Å²) in [5.74, 6) is 2.13. The number of carbonyl (C=O) groups is 1. The molecule has 2 fully saturated rings. The smallest absolute Gasteiger partial charge is 0.238 e. The number of hydrogen-bond donors (Lipinski definition) is 0. The fourth-order valence-corrected chi connectivity index (χ4v) is 6.87. The van der Waals surface area contributed by atoms with Crippen molar-refractivity contribution in [2.45, 2.75) is 19.9 Å². The molecule has 0 aliphatic carbocycles. The zero-order chi connectivity index (χ0) is 26.4. The molecular weight excluding hydrogens is 526 g/mol. The molecule has 0 spiro atoms. The van der Waals surface area contributed by atoms with E-state index in [1.165, 1.54) is 4.31 Å². The fourth-order valence-electron chi connectivity index (χ4n) is 4.98. The highest BCUT2D eigenvalue weighted by Crippen LogP contribution is 2.35. The first-order chi connectivity index (χ1) is 18.3. The number of sulfonamides is 1. The lowest BCUT2D eigenvalue weighted by molar-refractivity contribution is -0.134. The van der Waals surface area contributed by atoms with E-state index in [2.05, 4.69) is 11.8 Å². The summed E-state index contributed by atoms with van der Waals surface area (Å²) in [7, 11) is -3.39. The number of imidazole rings is 1. The molecule has 5 heterocycles. The molecule has 0 radical (unpaired) electrons. The minimum atomic E-state index is -3.39. The number of rotatable bonds is 6. The number of para-hydroxylation sites is 2. The minimum absolute atomic E-state index is 0.125. The summed E-state index contributed by atoms with van der Waals surface area (Å²) < 4.78 is 33.6. The van der Waals surface area contributed by atoms with E-state index in [0.717, 1.165) is 63.5 Å². The maximum absolute atomic E-state index is 12.8. The first kappa shape index (κ1) is 25.2. The summed E-state index contributed by atoms with van der Waals surface area (Å²) in [6.45, 7) is 5.73. The number of aryl methyl sites for hydroxylation is 1. The molecule has 0 N–H and O–H groups in total. The van der Waals surface area contributed by atoms with E-state index < -0.39 is 10.0 Å². The Kier molecular flexibility index (Phi) is 6.54. The number of amides is 1. The predicted octanol–water partition coefficient (Wildman–Crippen LogP) is 2.03. The van der Waals surface area contributed by atoms with E-state index >= 15 is 0 Å². The van der Waals surface area contributed by atoms with Crippen LogP contribution in [0.5, 0.6) is 0 Å². The van der Waals surface area contributed by atoms with Gasteiger partial charge in [-0.3, -0.25) is 9.36 Å². The highest BCUT2D eigenvalue weighted by atomic mass is 32.2. The largest absolute Gasteiger partial charge is 0.378 e. The van der Waals surface area contributed by atoms with Gasteiger partial charge in [0.25, 0.3) is 0 Å². The van der Waals surface area contributed by atoms with Gasteiger partial charge in [0, 0.05) is 37.5 Å². The molecule has 0 atom stereocenters. The Morgan fingerprint density at radius 2 is 1.82 bits per heavy atom. The van der Waals surface area contributed by atoms with Crippen molar-refractivity contribution in [2.75, 3.05) is 57.1 Å². The number of hydrogen-bond acceptors (Lipinski definition) is 9. The quantitative estimate of drug-likeness (QED) is 0.355. The molecule has 11 nitrogen and oxygen atoms in total. The standard InChI is InChI=1S/C25H29N7O4S2/c1-3-21-26-18-6-4-5-7-20(18)32(21)25-27-19-14-17(15-30-8-9-31(16-22(30)33)38(2,34)35)37-23(19)24(28-25)29-10-12-36-13-11-29/h4-7,14H,3,8-13,15-16H2,1-2H3. The lowest BCUT2D eigenvalue weighted by Crippen LogP contribution is -2.51. The second-order valence-electron chi connectivity index (χ2n) is 9.49. The second kappa shape index (κ2) is 9.88. The van der Waals surface area contributed by atoms with E-state index in [4.69, 9.17) is 19.7 Å². The monoisotopic (exact) mass is 555 g/mol. The van der Waals surface area contributed by atoms with Gasteiger partial charge in [-0.25, -0.2) is 18.4 Å². The highest BCUT2D eigenvalue weighted by Gasteiger charge is 2.30. The van der Waals surface area contributed by atoms with E-state index in [1.807, 2.05) is 34.9 Å². The van der Waals surface area contributed by atoms with Gasteiger partial charge in [0.1, 0.15) is 5.82 Å². The Hall–Kier alpha value is -3.13. The third-order valence-electron chi connectivity index (χ3n) is 6.95. The van der Waals surface area contributed by atoms with Crippen molar-refractivity contribution in [3.8, 4) is 5.95 Å². The number of aromatic nitrogens is 4. The van der Waals surface area contributed by atoms with Gasteiger partial charge in [-0.1, -0.05) is 19.1 Å². The van der Waals surface area contributed by atoms with Crippen molar-refractivity contribution in [3.05, 3.63) is 41.0 Å². The number of ether oxygens (including phenoxy) is 1. The first-order valence-electron chi connectivity index (χ1n) is 12.6. The average Bonchev–Trinajstić information content (AvgIpc) is 3.49. The molecule has 200 valence electrons. The summed E-state index contributed by atoms with van der Waals surface area (Å²) in [5, 5.41) is 0. The predicted molar refractivity (Wildman–Crippen MR) is 146 cm³/mol. The third-order valence-corrected chi connectivity index (χ3v) is 9.30. The number of fused-ring (bicyclic) bond motifs is 2. The van der Waals surface area contributed by atoms with Crippen LogP contribution in [0.2, 0.25) is 0 Å². The molecule has 0 saturated carbocycles. The summed E-state index contributed by atoms with van der Waals surface area (Å²) >= 11 is 1.58. The number of carbonyl (C=O) groups excluding carboxylic acids is 1. The molecule has 2 saturated heterocycles. The Balaban J connectivity index is 1.40. The van der Waals surface area contributed by atoms with Gasteiger partial charge in [0.05, 0.1) is 53.8 Å². The summed E-state index contributed by atoms with van der Waals surface area (Å²) in [5.41, 5.74) is 2.68. The lowest BCUT2D eigenvalue weighted by Gasteiger charge is -2.32. The van der Waals surface area contributed by atoms with Crippen molar-refractivity contribution < 1.29 is 17.9 Å². The van der Waals surface area contributed by atoms with Crippen LogP contribution in [0.4, 0.5) is 5.82 Å². The van der Waals surface area contributed by atoms with E-state index in [1.54, 1.807) is 16.2 Å². The zero-order valence-corrected chi connectivity index (χ0v) is 23.0. The Labute approximate surface area is 224 Å². The second-order valence-corrected chi connectivity index (χ2v) is 12.6. The maximum Gasteiger partial charge on any atom is 0.238 e. The molecule has 0 bridgehead atoms. The van der Waals surface area contributed by atoms with Gasteiger partial charge in [-0.2, -0.15) is 9.29 Å². The molecule has 4 aromatic rings. The van der Waals surface area contributed by atoms with Crippen LogP contribution in [0.25, 0.3) is 27.2 Å². The lowest BCUT2D eigenvalue weighted by atomic mass is 10.3. The highest BCUT2D eigenvalue weighted by molar-refractivity contribution is 7.88. The maximum atomic E-state index is 12.8. The number of morpholine rings is 1. The number of thiophene rings is 1. The Morgan fingerprint density at radius 3 is 2.55 bits per heavy atom. The Bertz CT molecular complexity index is 1630. The first-order valence-corrected chi connectivity index (χ1v) is 15.3. The topological polar surface area (TPSA) is 114 Å². The molecule has 6 rings (SSSR count). The van der Waals surface area contributed by atoms with Crippen LogP contribution in [0.1, 0.15) is 17.6 Å². The number of benzene rings is 1. The Morgan fingerprint density at radius 1 is 1.03 bits per heavy atom. The van der Waals surface area contributed by atoms with Crippen LogP contribution in [0, 0.1) is 0 Å². The van der Waals surface area contributed by atoms with Crippen LogP contribution in [-0.4, -0.2) is 95.2 Å². The van der Waals surface area contributed by atoms with Crippen LogP contribution in [-0.2, 0) is 32.5 Å².